The topological polar surface area (TPSA) is 27.1 Å². The van der Waals surface area contributed by atoms with E-state index in [2.05, 4.69) is 89.9 Å². The summed E-state index contributed by atoms with van der Waals surface area (Å²) < 4.78 is 10.5. The van der Waals surface area contributed by atoms with Crippen LogP contribution < -0.4 is 0 Å². The van der Waals surface area contributed by atoms with E-state index in [9.17, 15) is 0 Å². The van der Waals surface area contributed by atoms with Gasteiger partial charge in [-0.2, -0.15) is 0 Å². The molecule has 0 N–H and O–H groups in total. The standard InChI is InChI=1S/C20H20Br2N2O/c1-24-13-12-23-19(24)3-2-14-25-20(15-4-8-17(21)9-5-15)16-6-10-18(22)11-7-16/h4-13,20H,2-3,14H2,1H3. The summed E-state index contributed by atoms with van der Waals surface area (Å²) in [5.41, 5.74) is 2.31. The Bertz CT molecular complexity index is 752. The highest BCUT2D eigenvalue weighted by atomic mass is 79.9. The molecule has 0 saturated heterocycles. The fourth-order valence-corrected chi connectivity index (χ4v) is 3.26. The molecule has 0 aliphatic heterocycles. The molecule has 3 nitrogen and oxygen atoms in total. The highest BCUT2D eigenvalue weighted by molar-refractivity contribution is 9.10. The van der Waals surface area contributed by atoms with E-state index in [1.165, 1.54) is 0 Å². The third-order valence-electron chi connectivity index (χ3n) is 4.10. The normalized spacial score (nSPS) is 11.2. The van der Waals surface area contributed by atoms with Crippen molar-refractivity contribution in [1.82, 2.24) is 9.55 Å². The van der Waals surface area contributed by atoms with E-state index in [1.54, 1.807) is 0 Å². The van der Waals surface area contributed by atoms with Crippen molar-refractivity contribution < 1.29 is 4.74 Å². The molecular weight excluding hydrogens is 444 g/mol. The molecule has 0 aliphatic rings. The number of hydrogen-bond donors (Lipinski definition) is 0. The monoisotopic (exact) mass is 462 g/mol. The van der Waals surface area contributed by atoms with Crippen molar-refractivity contribution in [1.29, 1.82) is 0 Å². The highest BCUT2D eigenvalue weighted by Crippen LogP contribution is 2.28. The van der Waals surface area contributed by atoms with Gasteiger partial charge in [0.05, 0.1) is 0 Å². The van der Waals surface area contributed by atoms with Crippen LogP contribution >= 0.6 is 31.9 Å². The predicted octanol–water partition coefficient (Wildman–Crippen LogP) is 5.68. The van der Waals surface area contributed by atoms with E-state index in [0.717, 1.165) is 38.7 Å². The first-order valence-electron chi connectivity index (χ1n) is 8.22. The van der Waals surface area contributed by atoms with Gasteiger partial charge in [-0.05, 0) is 41.8 Å². The highest BCUT2D eigenvalue weighted by Gasteiger charge is 2.15. The Labute approximate surface area is 165 Å². The summed E-state index contributed by atoms with van der Waals surface area (Å²) in [6.45, 7) is 0.684. The molecule has 0 fully saturated rings. The number of imidazole rings is 1. The van der Waals surface area contributed by atoms with Gasteiger partial charge in [0.1, 0.15) is 11.9 Å². The smallest absolute Gasteiger partial charge is 0.108 e. The molecule has 2 aromatic carbocycles. The van der Waals surface area contributed by atoms with Gasteiger partial charge in [0.15, 0.2) is 0 Å². The van der Waals surface area contributed by atoms with Crippen molar-refractivity contribution in [3.8, 4) is 0 Å². The lowest BCUT2D eigenvalue weighted by molar-refractivity contribution is 0.0780. The van der Waals surface area contributed by atoms with Crippen molar-refractivity contribution in [3.05, 3.63) is 86.8 Å². The Hall–Kier alpha value is -1.43. The Morgan fingerprint density at radius 1 is 0.960 bits per heavy atom. The average Bonchev–Trinajstić information content (AvgIpc) is 3.02. The molecule has 5 heteroatoms. The third kappa shape index (κ3) is 5.03. The molecule has 130 valence electrons. The molecule has 0 unspecified atom stereocenters. The van der Waals surface area contributed by atoms with E-state index in [4.69, 9.17) is 4.74 Å². The molecule has 0 aliphatic carbocycles. The van der Waals surface area contributed by atoms with E-state index >= 15 is 0 Å². The first-order chi connectivity index (χ1) is 12.1. The minimum absolute atomic E-state index is 0.0671. The molecule has 0 amide bonds. The number of hydrogen-bond acceptors (Lipinski definition) is 2. The number of benzene rings is 2. The summed E-state index contributed by atoms with van der Waals surface area (Å²) in [5, 5.41) is 0. The van der Waals surface area contributed by atoms with Crippen molar-refractivity contribution in [2.45, 2.75) is 18.9 Å². The van der Waals surface area contributed by atoms with Crippen LogP contribution in [0.2, 0.25) is 0 Å². The number of nitrogens with zero attached hydrogens (tertiary/aromatic N) is 2. The number of halogens is 2. The largest absolute Gasteiger partial charge is 0.369 e. The SMILES string of the molecule is Cn1ccnc1CCCOC(c1ccc(Br)cc1)c1ccc(Br)cc1. The molecule has 3 rings (SSSR count). The van der Waals surface area contributed by atoms with Gasteiger partial charge in [0.2, 0.25) is 0 Å². The minimum atomic E-state index is -0.0671. The molecule has 25 heavy (non-hydrogen) atoms. The first-order valence-corrected chi connectivity index (χ1v) is 9.81. The molecule has 1 aromatic heterocycles. The van der Waals surface area contributed by atoms with E-state index < -0.39 is 0 Å². The predicted molar refractivity (Wildman–Crippen MR) is 108 cm³/mol. The molecule has 1 heterocycles. The lowest BCUT2D eigenvalue weighted by Crippen LogP contribution is -2.09. The fourth-order valence-electron chi connectivity index (χ4n) is 2.73. The second-order valence-electron chi connectivity index (χ2n) is 5.91. The summed E-state index contributed by atoms with van der Waals surface area (Å²) in [4.78, 5) is 4.37. The molecule has 0 radical (unpaired) electrons. The zero-order valence-electron chi connectivity index (χ0n) is 14.0. The van der Waals surface area contributed by atoms with Gasteiger partial charge >= 0.3 is 0 Å². The summed E-state index contributed by atoms with van der Waals surface area (Å²) in [5.74, 6) is 1.09. The lowest BCUT2D eigenvalue weighted by Gasteiger charge is -2.19. The number of rotatable bonds is 7. The third-order valence-corrected chi connectivity index (χ3v) is 5.15. The van der Waals surface area contributed by atoms with Crippen LogP contribution in [0.5, 0.6) is 0 Å². The van der Waals surface area contributed by atoms with Gasteiger partial charge in [-0.15, -0.1) is 0 Å². The quantitative estimate of drug-likeness (QED) is 0.421. The van der Waals surface area contributed by atoms with Gasteiger partial charge in [-0.1, -0.05) is 56.1 Å². The van der Waals surface area contributed by atoms with Gasteiger partial charge < -0.3 is 9.30 Å². The van der Waals surface area contributed by atoms with Crippen LogP contribution in [-0.4, -0.2) is 16.2 Å². The van der Waals surface area contributed by atoms with Crippen LogP contribution in [0.3, 0.4) is 0 Å². The van der Waals surface area contributed by atoms with Crippen LogP contribution in [0, 0.1) is 0 Å². The van der Waals surface area contributed by atoms with Crippen molar-refractivity contribution in [2.75, 3.05) is 6.61 Å². The lowest BCUT2D eigenvalue weighted by atomic mass is 10.0. The maximum Gasteiger partial charge on any atom is 0.108 e. The van der Waals surface area contributed by atoms with E-state index in [-0.39, 0.29) is 6.10 Å². The van der Waals surface area contributed by atoms with E-state index in [1.807, 2.05) is 19.4 Å². The maximum atomic E-state index is 6.26. The summed E-state index contributed by atoms with van der Waals surface area (Å²) in [7, 11) is 2.02. The number of aryl methyl sites for hydroxylation is 2. The second kappa shape index (κ2) is 8.79. The zero-order valence-corrected chi connectivity index (χ0v) is 17.2. The Morgan fingerprint density at radius 3 is 2.00 bits per heavy atom. The van der Waals surface area contributed by atoms with Crippen molar-refractivity contribution in [2.24, 2.45) is 7.05 Å². The fraction of sp³-hybridized carbons (Fsp3) is 0.250. The van der Waals surface area contributed by atoms with Gasteiger partial charge in [0.25, 0.3) is 0 Å². The molecule has 0 bridgehead atoms. The maximum absolute atomic E-state index is 6.26. The number of ether oxygens (including phenoxy) is 1. The Balaban J connectivity index is 1.69. The first kappa shape index (κ1) is 18.4. The van der Waals surface area contributed by atoms with Crippen LogP contribution in [0.25, 0.3) is 0 Å². The van der Waals surface area contributed by atoms with Crippen LogP contribution in [-0.2, 0) is 18.2 Å². The summed E-state index contributed by atoms with van der Waals surface area (Å²) >= 11 is 6.99. The van der Waals surface area contributed by atoms with Gasteiger partial charge in [-0.3, -0.25) is 0 Å². The second-order valence-corrected chi connectivity index (χ2v) is 7.74. The van der Waals surface area contributed by atoms with Crippen LogP contribution in [0.1, 0.15) is 29.5 Å². The van der Waals surface area contributed by atoms with Gasteiger partial charge in [0, 0.05) is 41.4 Å². The molecule has 0 spiro atoms. The Kier molecular flexibility index (Phi) is 6.45. The summed E-state index contributed by atoms with van der Waals surface area (Å²) in [6.07, 6.45) is 5.60. The summed E-state index contributed by atoms with van der Waals surface area (Å²) in [6, 6.07) is 16.6. The average molecular weight is 464 g/mol. The Morgan fingerprint density at radius 2 is 1.52 bits per heavy atom. The van der Waals surface area contributed by atoms with E-state index in [0.29, 0.717) is 6.61 Å². The zero-order chi connectivity index (χ0) is 17.6. The van der Waals surface area contributed by atoms with Crippen LogP contribution in [0.15, 0.2) is 69.9 Å². The van der Waals surface area contributed by atoms with Crippen LogP contribution in [0.4, 0.5) is 0 Å². The molecular formula is C20H20Br2N2O. The molecule has 3 aromatic rings. The van der Waals surface area contributed by atoms with Crippen molar-refractivity contribution >= 4 is 31.9 Å². The molecule has 0 atom stereocenters. The van der Waals surface area contributed by atoms with Gasteiger partial charge in [-0.25, -0.2) is 4.98 Å². The number of aromatic nitrogens is 2. The minimum Gasteiger partial charge on any atom is -0.369 e. The van der Waals surface area contributed by atoms with Crippen molar-refractivity contribution in [3.63, 3.8) is 0 Å². The molecule has 0 saturated carbocycles.